The van der Waals surface area contributed by atoms with E-state index >= 15 is 0 Å². The Hall–Kier alpha value is -2.93. The Balaban J connectivity index is 2.14. The van der Waals surface area contributed by atoms with E-state index in [0.717, 1.165) is 5.56 Å². The Labute approximate surface area is 134 Å². The van der Waals surface area contributed by atoms with Gasteiger partial charge in [-0.15, -0.1) is 0 Å². The van der Waals surface area contributed by atoms with Crippen LogP contribution >= 0.6 is 0 Å². The molecule has 2 aromatic carbocycles. The molecule has 1 aliphatic rings. The average Bonchev–Trinajstić information content (AvgIpc) is 3.17. The van der Waals surface area contributed by atoms with Gasteiger partial charge in [0.25, 0.3) is 0 Å². The van der Waals surface area contributed by atoms with Gasteiger partial charge >= 0.3 is 0 Å². The lowest BCUT2D eigenvalue weighted by Gasteiger charge is -2.12. The first-order chi connectivity index (χ1) is 11.0. The van der Waals surface area contributed by atoms with Crippen LogP contribution in [0.4, 0.5) is 0 Å². The van der Waals surface area contributed by atoms with Gasteiger partial charge in [-0.25, -0.2) is 0 Å². The van der Waals surface area contributed by atoms with Crippen molar-refractivity contribution in [2.24, 2.45) is 16.6 Å². The highest BCUT2D eigenvalue weighted by atomic mass is 16.2. The SMILES string of the molecule is C[C@]1(C(=O)c2ccccc2)[C@H](c2ccccc2)[C@@]1(C#N)C(N)=O. The van der Waals surface area contributed by atoms with E-state index in [2.05, 4.69) is 0 Å². The summed E-state index contributed by atoms with van der Waals surface area (Å²) in [4.78, 5) is 25.1. The Morgan fingerprint density at radius 3 is 2.04 bits per heavy atom. The van der Waals surface area contributed by atoms with Crippen molar-refractivity contribution in [3.63, 3.8) is 0 Å². The van der Waals surface area contributed by atoms with E-state index in [1.165, 1.54) is 0 Å². The molecule has 114 valence electrons. The lowest BCUT2D eigenvalue weighted by Crippen LogP contribution is -2.32. The van der Waals surface area contributed by atoms with E-state index in [0.29, 0.717) is 5.56 Å². The number of ketones is 1. The smallest absolute Gasteiger partial charge is 0.239 e. The lowest BCUT2D eigenvalue weighted by atomic mass is 9.87. The van der Waals surface area contributed by atoms with Crippen LogP contribution in [0.25, 0.3) is 0 Å². The van der Waals surface area contributed by atoms with Gasteiger partial charge in [0.05, 0.1) is 11.5 Å². The highest BCUT2D eigenvalue weighted by Gasteiger charge is 2.82. The maximum absolute atomic E-state index is 13.0. The summed E-state index contributed by atoms with van der Waals surface area (Å²) in [5.41, 5.74) is 4.14. The Morgan fingerprint density at radius 2 is 1.57 bits per heavy atom. The van der Waals surface area contributed by atoms with Gasteiger partial charge in [0.15, 0.2) is 11.2 Å². The first kappa shape index (κ1) is 15.0. The number of rotatable bonds is 4. The summed E-state index contributed by atoms with van der Waals surface area (Å²) in [6, 6.07) is 19.9. The minimum atomic E-state index is -1.51. The van der Waals surface area contributed by atoms with Crippen LogP contribution in [0.15, 0.2) is 60.7 Å². The van der Waals surface area contributed by atoms with Crippen molar-refractivity contribution in [2.45, 2.75) is 12.8 Å². The van der Waals surface area contributed by atoms with E-state index < -0.39 is 22.7 Å². The zero-order valence-electron chi connectivity index (χ0n) is 12.7. The van der Waals surface area contributed by atoms with E-state index in [-0.39, 0.29) is 5.78 Å². The molecule has 3 atom stereocenters. The molecule has 1 aliphatic carbocycles. The van der Waals surface area contributed by atoms with Crippen LogP contribution in [-0.2, 0) is 4.79 Å². The Kier molecular flexibility index (Phi) is 3.30. The normalized spacial score (nSPS) is 28.6. The third-order valence-electron chi connectivity index (χ3n) is 4.95. The molecular weight excluding hydrogens is 288 g/mol. The molecule has 1 saturated carbocycles. The minimum Gasteiger partial charge on any atom is -0.368 e. The molecule has 2 aromatic rings. The van der Waals surface area contributed by atoms with Gasteiger partial charge < -0.3 is 5.73 Å². The van der Waals surface area contributed by atoms with Crippen LogP contribution in [0.5, 0.6) is 0 Å². The molecule has 0 spiro atoms. The minimum absolute atomic E-state index is 0.229. The zero-order valence-corrected chi connectivity index (χ0v) is 12.7. The fraction of sp³-hybridized carbons (Fsp3) is 0.211. The average molecular weight is 304 g/mol. The van der Waals surface area contributed by atoms with Gasteiger partial charge in [-0.1, -0.05) is 60.7 Å². The van der Waals surface area contributed by atoms with Crippen molar-refractivity contribution in [1.82, 2.24) is 0 Å². The summed E-state index contributed by atoms with van der Waals surface area (Å²) >= 11 is 0. The third kappa shape index (κ3) is 1.83. The molecule has 0 bridgehead atoms. The number of nitriles is 1. The fourth-order valence-corrected chi connectivity index (χ4v) is 3.68. The fourth-order valence-electron chi connectivity index (χ4n) is 3.68. The number of hydrogen-bond donors (Lipinski definition) is 1. The second kappa shape index (κ2) is 5.06. The van der Waals surface area contributed by atoms with Crippen molar-refractivity contribution in [3.05, 3.63) is 71.8 Å². The van der Waals surface area contributed by atoms with Crippen molar-refractivity contribution in [1.29, 1.82) is 5.26 Å². The van der Waals surface area contributed by atoms with Gasteiger partial charge in [0.1, 0.15) is 0 Å². The van der Waals surface area contributed by atoms with Crippen LogP contribution in [0.2, 0.25) is 0 Å². The van der Waals surface area contributed by atoms with Crippen LogP contribution in [0.1, 0.15) is 28.8 Å². The predicted molar refractivity (Wildman–Crippen MR) is 85.3 cm³/mol. The number of benzene rings is 2. The van der Waals surface area contributed by atoms with Crippen molar-refractivity contribution in [2.75, 3.05) is 0 Å². The molecule has 4 heteroatoms. The molecule has 3 rings (SSSR count). The molecule has 0 heterocycles. The first-order valence-electron chi connectivity index (χ1n) is 7.36. The number of Topliss-reactive ketones (excluding diaryl/α,β-unsaturated/α-hetero) is 1. The number of hydrogen-bond acceptors (Lipinski definition) is 3. The standard InChI is InChI=1S/C19H16N2O2/c1-18(16(22)14-10-6-3-7-11-14)15(13-8-4-2-5-9-13)19(18,12-20)17(21)23/h2-11,15H,1H3,(H2,21,23)/t15-,18+,19-/m0/s1. The summed E-state index contributed by atoms with van der Waals surface area (Å²) in [5, 5.41) is 9.69. The number of carbonyl (C=O) groups excluding carboxylic acids is 2. The highest BCUT2D eigenvalue weighted by molar-refractivity contribution is 6.11. The third-order valence-corrected chi connectivity index (χ3v) is 4.95. The molecular formula is C19H16N2O2. The lowest BCUT2D eigenvalue weighted by molar-refractivity contribution is -0.122. The van der Waals surface area contributed by atoms with Crippen LogP contribution in [-0.4, -0.2) is 11.7 Å². The van der Waals surface area contributed by atoms with Crippen molar-refractivity contribution in [3.8, 4) is 6.07 Å². The zero-order chi connectivity index (χ0) is 16.7. The van der Waals surface area contributed by atoms with Crippen LogP contribution in [0.3, 0.4) is 0 Å². The Bertz CT molecular complexity index is 810. The molecule has 0 saturated heterocycles. The van der Waals surface area contributed by atoms with Gasteiger partial charge in [-0.3, -0.25) is 9.59 Å². The van der Waals surface area contributed by atoms with Crippen molar-refractivity contribution < 1.29 is 9.59 Å². The summed E-state index contributed by atoms with van der Waals surface area (Å²) in [6.07, 6.45) is 0. The number of primary amides is 1. The van der Waals surface area contributed by atoms with Gasteiger partial charge in [0, 0.05) is 11.5 Å². The van der Waals surface area contributed by atoms with E-state index in [1.54, 1.807) is 31.2 Å². The van der Waals surface area contributed by atoms with E-state index in [4.69, 9.17) is 5.73 Å². The van der Waals surface area contributed by atoms with Gasteiger partial charge in [-0.05, 0) is 12.5 Å². The quantitative estimate of drug-likeness (QED) is 0.881. The van der Waals surface area contributed by atoms with Gasteiger partial charge in [0.2, 0.25) is 5.91 Å². The number of amides is 1. The molecule has 1 fully saturated rings. The molecule has 0 radical (unpaired) electrons. The second-order valence-electron chi connectivity index (χ2n) is 6.03. The van der Waals surface area contributed by atoms with Gasteiger partial charge in [-0.2, -0.15) is 5.26 Å². The van der Waals surface area contributed by atoms with E-state index in [1.807, 2.05) is 42.5 Å². The van der Waals surface area contributed by atoms with Crippen molar-refractivity contribution >= 4 is 11.7 Å². The number of carbonyl (C=O) groups is 2. The van der Waals surface area contributed by atoms with E-state index in [9.17, 15) is 14.9 Å². The molecule has 4 nitrogen and oxygen atoms in total. The van der Waals surface area contributed by atoms with Crippen LogP contribution in [0, 0.1) is 22.2 Å². The monoisotopic (exact) mass is 304 g/mol. The number of nitrogens with zero attached hydrogens (tertiary/aromatic N) is 1. The second-order valence-corrected chi connectivity index (χ2v) is 6.03. The summed E-state index contributed by atoms with van der Waals surface area (Å²) < 4.78 is 0. The summed E-state index contributed by atoms with van der Waals surface area (Å²) in [7, 11) is 0. The maximum Gasteiger partial charge on any atom is 0.239 e. The first-order valence-corrected chi connectivity index (χ1v) is 7.36. The maximum atomic E-state index is 13.0. The topological polar surface area (TPSA) is 83.9 Å². The van der Waals surface area contributed by atoms with Crippen LogP contribution < -0.4 is 5.73 Å². The summed E-state index contributed by atoms with van der Waals surface area (Å²) in [6.45, 7) is 1.66. The molecule has 2 N–H and O–H groups in total. The largest absolute Gasteiger partial charge is 0.368 e. The number of nitrogens with two attached hydrogens (primary N) is 1. The molecule has 23 heavy (non-hydrogen) atoms. The Morgan fingerprint density at radius 1 is 1.04 bits per heavy atom. The molecule has 1 amide bonds. The predicted octanol–water partition coefficient (Wildman–Crippen LogP) is 2.67. The molecule has 0 unspecified atom stereocenters. The molecule has 0 aliphatic heterocycles. The summed E-state index contributed by atoms with van der Waals surface area (Å²) in [5.74, 6) is -1.51. The highest BCUT2D eigenvalue weighted by Crippen LogP contribution is 2.74. The molecule has 0 aromatic heterocycles.